The first-order valence-electron chi connectivity index (χ1n) is 23.0. The topological polar surface area (TPSA) is 87.5 Å². The van der Waals surface area contributed by atoms with Crippen LogP contribution in [0.1, 0.15) is 195 Å². The largest absolute Gasteiger partial charge is 0.348 e. The van der Waals surface area contributed by atoms with Crippen LogP contribution in [0.4, 0.5) is 5.82 Å². The number of hydrogen-bond acceptors (Lipinski definition) is 8. The lowest BCUT2D eigenvalue weighted by Gasteiger charge is -2.44. The summed E-state index contributed by atoms with van der Waals surface area (Å²) < 4.78 is 2.22. The lowest BCUT2D eigenvalue weighted by molar-refractivity contribution is -0.108. The number of piperazine rings is 1. The Hall–Kier alpha value is -2.65. The minimum absolute atomic E-state index is 0.595. The van der Waals surface area contributed by atoms with Gasteiger partial charge in [0.25, 0.3) is 0 Å². The second kappa shape index (κ2) is 28.7. The fraction of sp³-hybridized carbons (Fsp3) is 0.804. The van der Waals surface area contributed by atoms with Crippen molar-refractivity contribution < 1.29 is 9.59 Å². The number of nitrogens with zero attached hydrogens (tertiary/aromatic N) is 7. The summed E-state index contributed by atoms with van der Waals surface area (Å²) in [6, 6.07) is 5.67. The van der Waals surface area contributed by atoms with Crippen molar-refractivity contribution >= 4 is 18.4 Å². The molecular weight excluding hydrogens is 683 g/mol. The highest BCUT2D eigenvalue weighted by Gasteiger charge is 2.41. The monoisotopic (exact) mass is 766 g/mol. The summed E-state index contributed by atoms with van der Waals surface area (Å²) in [5.74, 6) is 2.90. The van der Waals surface area contributed by atoms with E-state index in [1.807, 2.05) is 53.9 Å². The Kier molecular flexibility index (Phi) is 25.3. The highest BCUT2D eigenvalue weighted by atomic mass is 16.1. The summed E-state index contributed by atoms with van der Waals surface area (Å²) in [4.78, 5) is 36.1. The molecule has 0 radical (unpaired) electrons. The third kappa shape index (κ3) is 15.7. The van der Waals surface area contributed by atoms with Gasteiger partial charge in [-0.3, -0.25) is 9.58 Å². The van der Waals surface area contributed by atoms with Crippen molar-refractivity contribution in [2.24, 2.45) is 0 Å². The molecule has 5 heterocycles. The van der Waals surface area contributed by atoms with E-state index in [1.54, 1.807) is 0 Å². The van der Waals surface area contributed by atoms with Crippen molar-refractivity contribution in [1.29, 1.82) is 0 Å². The van der Waals surface area contributed by atoms with Gasteiger partial charge in [0.1, 0.15) is 24.2 Å². The lowest BCUT2D eigenvalue weighted by Crippen LogP contribution is -2.56. The molecule has 2 aliphatic carbocycles. The van der Waals surface area contributed by atoms with Gasteiger partial charge in [0.05, 0.1) is 12.2 Å². The van der Waals surface area contributed by atoms with Gasteiger partial charge in [-0.25, -0.2) is 9.97 Å². The van der Waals surface area contributed by atoms with Crippen molar-refractivity contribution in [2.45, 2.75) is 214 Å². The molecule has 0 amide bonds. The summed E-state index contributed by atoms with van der Waals surface area (Å²) >= 11 is 0. The molecule has 0 spiro atoms. The van der Waals surface area contributed by atoms with Gasteiger partial charge in [-0.15, -0.1) is 0 Å². The number of aryl methyl sites for hydroxylation is 1. The molecule has 9 nitrogen and oxygen atoms in total. The van der Waals surface area contributed by atoms with Crippen LogP contribution >= 0.6 is 0 Å². The average Bonchev–Trinajstić information content (AvgIpc) is 3.87. The maximum Gasteiger partial charge on any atom is 0.133 e. The second-order valence-electron chi connectivity index (χ2n) is 15.5. The molecule has 3 aliphatic heterocycles. The number of hydrogen-bond donors (Lipinski definition) is 0. The number of fused-ring (bicyclic) bond motifs is 2. The zero-order valence-corrected chi connectivity index (χ0v) is 36.9. The maximum atomic E-state index is 9.17. The minimum atomic E-state index is 0.595. The smallest absolute Gasteiger partial charge is 0.133 e. The van der Waals surface area contributed by atoms with Crippen LogP contribution in [0.15, 0.2) is 24.7 Å². The van der Waals surface area contributed by atoms with Crippen LogP contribution in [0.2, 0.25) is 0 Å². The van der Waals surface area contributed by atoms with Crippen LogP contribution < -0.4 is 4.90 Å². The van der Waals surface area contributed by atoms with Crippen molar-refractivity contribution in [1.82, 2.24) is 29.5 Å². The van der Waals surface area contributed by atoms with Gasteiger partial charge < -0.3 is 19.4 Å². The molecule has 314 valence electrons. The van der Waals surface area contributed by atoms with E-state index in [1.165, 1.54) is 134 Å². The average molecular weight is 766 g/mol. The molecule has 2 aromatic rings. The quantitative estimate of drug-likeness (QED) is 0.233. The van der Waals surface area contributed by atoms with Gasteiger partial charge in [-0.05, 0) is 82.8 Å². The zero-order valence-electron chi connectivity index (χ0n) is 36.9. The number of piperidine rings is 1. The number of likely N-dealkylation sites (tertiary alicyclic amines) is 2. The van der Waals surface area contributed by atoms with Crippen molar-refractivity contribution in [3.63, 3.8) is 0 Å². The lowest BCUT2D eigenvalue weighted by atomic mass is 9.89. The van der Waals surface area contributed by atoms with Gasteiger partial charge in [0.15, 0.2) is 0 Å². The van der Waals surface area contributed by atoms with Gasteiger partial charge in [-0.1, -0.05) is 93.9 Å². The fourth-order valence-electron chi connectivity index (χ4n) is 8.71. The van der Waals surface area contributed by atoms with E-state index in [9.17, 15) is 9.59 Å². The highest BCUT2D eigenvalue weighted by Crippen LogP contribution is 2.37. The van der Waals surface area contributed by atoms with Crippen LogP contribution in [0, 0.1) is 0 Å². The summed E-state index contributed by atoms with van der Waals surface area (Å²) in [7, 11) is 0. The number of aldehydes is 2. The van der Waals surface area contributed by atoms with Gasteiger partial charge in [-0.2, -0.15) is 5.10 Å². The molecule has 2 bridgehead atoms. The molecular formula is C46H83N7O2. The van der Waals surface area contributed by atoms with Crippen LogP contribution in [0.5, 0.6) is 0 Å². The van der Waals surface area contributed by atoms with Crippen molar-refractivity contribution in [2.75, 3.05) is 31.1 Å². The van der Waals surface area contributed by atoms with E-state index in [2.05, 4.69) is 62.5 Å². The van der Waals surface area contributed by atoms with E-state index >= 15 is 0 Å². The van der Waals surface area contributed by atoms with Crippen molar-refractivity contribution in [3.05, 3.63) is 36.0 Å². The van der Waals surface area contributed by atoms with Gasteiger partial charge >= 0.3 is 0 Å². The Morgan fingerprint density at radius 3 is 1.76 bits per heavy atom. The Balaban J connectivity index is 0.000000300. The molecule has 3 saturated heterocycles. The SMILES string of the molecule is CC.CC.CCC(C)N1CC2CCC(C1)N2c1ccnc(C2CCCCC2)n1.CCC=O.CCC=O.CCc1cnn(C2CCN(C3CCCCC3)CC2)c1. The van der Waals surface area contributed by atoms with Crippen LogP contribution in [0.3, 0.4) is 0 Å². The fourth-order valence-corrected chi connectivity index (χ4v) is 8.71. The summed E-state index contributed by atoms with van der Waals surface area (Å²) in [5, 5.41) is 4.55. The predicted octanol–water partition coefficient (Wildman–Crippen LogP) is 10.6. The van der Waals surface area contributed by atoms with Crippen molar-refractivity contribution in [3.8, 4) is 0 Å². The van der Waals surface area contributed by atoms with E-state index in [-0.39, 0.29) is 0 Å². The van der Waals surface area contributed by atoms with E-state index in [4.69, 9.17) is 4.98 Å². The number of aromatic nitrogens is 4. The van der Waals surface area contributed by atoms with Crippen LogP contribution in [-0.2, 0) is 16.0 Å². The zero-order chi connectivity index (χ0) is 40.4. The number of carbonyl (C=O) groups excluding carboxylic acids is 2. The third-order valence-electron chi connectivity index (χ3n) is 12.0. The number of carbonyl (C=O) groups is 2. The number of rotatable bonds is 9. The molecule has 2 saturated carbocycles. The molecule has 55 heavy (non-hydrogen) atoms. The summed E-state index contributed by atoms with van der Waals surface area (Å²) in [6.45, 7) is 23.5. The maximum absolute atomic E-state index is 9.17. The first-order valence-corrected chi connectivity index (χ1v) is 23.0. The molecule has 0 N–H and O–H groups in total. The van der Waals surface area contributed by atoms with E-state index in [0.717, 1.165) is 30.9 Å². The second-order valence-corrected chi connectivity index (χ2v) is 15.5. The van der Waals surface area contributed by atoms with Gasteiger partial charge in [0, 0.05) is 81.5 Å². The Labute approximate surface area is 337 Å². The molecule has 5 fully saturated rings. The first kappa shape index (κ1) is 48.5. The Morgan fingerprint density at radius 1 is 0.727 bits per heavy atom. The molecule has 9 heteroatoms. The first-order chi connectivity index (χ1) is 27.0. The standard InChI is InChI=1S/C20H32N4.C16H27N3.2C3H6O.2C2H6/c1-3-15(2)23-13-17-9-10-18(14-23)24(17)19-11-12-21-20(22-19)16-7-5-4-6-8-16;1-2-14-12-17-19(13-14)16-8-10-18(11-9-16)15-6-4-3-5-7-15;2*1-2-3-4;2*1-2/h11-12,15-18H,3-10,13-14H2,1-2H3;12-13,15-16H,2-11H2,1H3;2*3H,2H2,1H3;2*1-2H3. The predicted molar refractivity (Wildman–Crippen MR) is 232 cm³/mol. The molecule has 2 aromatic heterocycles. The van der Waals surface area contributed by atoms with Gasteiger partial charge in [0.2, 0.25) is 0 Å². The Morgan fingerprint density at radius 2 is 1.27 bits per heavy atom. The summed E-state index contributed by atoms with van der Waals surface area (Å²) in [5.41, 5.74) is 1.37. The van der Waals surface area contributed by atoms with E-state index < -0.39 is 0 Å². The molecule has 3 unspecified atom stereocenters. The van der Waals surface area contributed by atoms with E-state index in [0.29, 0.717) is 42.9 Å². The van der Waals surface area contributed by atoms with Crippen LogP contribution in [-0.4, -0.2) is 92.5 Å². The molecule has 7 rings (SSSR count). The third-order valence-corrected chi connectivity index (χ3v) is 12.0. The molecule has 5 aliphatic rings. The molecule has 0 aromatic carbocycles. The Bertz CT molecular complexity index is 1230. The number of anilines is 1. The minimum Gasteiger partial charge on any atom is -0.348 e. The normalized spacial score (nSPS) is 22.4. The molecule has 3 atom stereocenters. The highest BCUT2D eigenvalue weighted by molar-refractivity contribution is 5.48. The summed E-state index contributed by atoms with van der Waals surface area (Å²) in [6.07, 6.45) is 30.7. The van der Waals surface area contributed by atoms with Crippen LogP contribution in [0.25, 0.3) is 0 Å².